The molecular formula is C24H30N4O4S. The van der Waals surface area contributed by atoms with Gasteiger partial charge in [0.15, 0.2) is 0 Å². The summed E-state index contributed by atoms with van der Waals surface area (Å²) in [5.41, 5.74) is 0.536. The van der Waals surface area contributed by atoms with Crippen LogP contribution in [0.5, 0.6) is 5.75 Å². The number of fused-ring (bicyclic) bond motifs is 1. The molecule has 3 aromatic rings. The van der Waals surface area contributed by atoms with Gasteiger partial charge < -0.3 is 25.2 Å². The van der Waals surface area contributed by atoms with Gasteiger partial charge in [0.25, 0.3) is 5.91 Å². The number of ether oxygens (including phenoxy) is 2. The molecule has 33 heavy (non-hydrogen) atoms. The van der Waals surface area contributed by atoms with Gasteiger partial charge in [-0.25, -0.2) is 0 Å². The molecule has 4 rings (SSSR count). The minimum atomic E-state index is -0.595. The second kappa shape index (κ2) is 11.9. The molecule has 1 unspecified atom stereocenters. The molecule has 1 aromatic heterocycles. The zero-order valence-corrected chi connectivity index (χ0v) is 19.4. The molecule has 176 valence electrons. The van der Waals surface area contributed by atoms with Crippen LogP contribution in [0.15, 0.2) is 48.5 Å². The summed E-state index contributed by atoms with van der Waals surface area (Å²) in [5.74, 6) is 1.32. The number of benzene rings is 2. The van der Waals surface area contributed by atoms with Gasteiger partial charge >= 0.3 is 0 Å². The highest BCUT2D eigenvalue weighted by atomic mass is 32.1. The number of morpholine rings is 1. The van der Waals surface area contributed by atoms with Crippen LogP contribution in [-0.2, 0) is 4.74 Å². The third kappa shape index (κ3) is 6.88. The number of aliphatic hydroxyl groups excluding tert-OH is 1. The zero-order valence-electron chi connectivity index (χ0n) is 18.5. The summed E-state index contributed by atoms with van der Waals surface area (Å²) in [6, 6.07) is 15.2. The molecule has 1 aliphatic rings. The molecule has 1 amide bonds. The Kier molecular flexibility index (Phi) is 8.48. The van der Waals surface area contributed by atoms with E-state index >= 15 is 0 Å². The van der Waals surface area contributed by atoms with Crippen molar-refractivity contribution < 1.29 is 19.4 Å². The minimum Gasteiger partial charge on any atom is -0.491 e. The molecule has 1 fully saturated rings. The molecule has 9 heteroatoms. The maximum atomic E-state index is 12.5. The first kappa shape index (κ1) is 23.4. The second-order valence-corrected chi connectivity index (χ2v) is 8.77. The standard InChI is InChI=1S/C24H30N4O4S/c29-19(16-28-11-13-31-14-12-28)17-32-20-6-3-5-18(15-20)24(30)26-10-4-9-25-23-21-7-1-2-8-22(21)33-27-23/h1-3,5-8,15,19,29H,4,9-14,16-17H2,(H,25,27)(H,26,30). The number of β-amino-alcohol motifs (C(OH)–C–C–N with tert-alkyl or cyclic N) is 1. The third-order valence-electron chi connectivity index (χ3n) is 5.42. The molecule has 0 spiro atoms. The van der Waals surface area contributed by atoms with E-state index in [0.29, 0.717) is 37.6 Å². The van der Waals surface area contributed by atoms with E-state index in [2.05, 4.69) is 32.0 Å². The minimum absolute atomic E-state index is 0.145. The van der Waals surface area contributed by atoms with E-state index in [4.69, 9.17) is 9.47 Å². The molecular weight excluding hydrogens is 440 g/mol. The fraction of sp³-hybridized carbons (Fsp3) is 0.417. The predicted octanol–water partition coefficient (Wildman–Crippen LogP) is 2.60. The highest BCUT2D eigenvalue weighted by molar-refractivity contribution is 7.13. The fourth-order valence-electron chi connectivity index (χ4n) is 3.67. The molecule has 0 bridgehead atoms. The Hall–Kier alpha value is -2.72. The maximum Gasteiger partial charge on any atom is 0.251 e. The van der Waals surface area contributed by atoms with Crippen LogP contribution in [0, 0.1) is 0 Å². The van der Waals surface area contributed by atoms with Crippen molar-refractivity contribution in [3.8, 4) is 5.75 Å². The summed E-state index contributed by atoms with van der Waals surface area (Å²) in [6.07, 6.45) is 0.185. The van der Waals surface area contributed by atoms with Crippen LogP contribution in [0.1, 0.15) is 16.8 Å². The van der Waals surface area contributed by atoms with Crippen LogP contribution in [0.3, 0.4) is 0 Å². The van der Waals surface area contributed by atoms with Gasteiger partial charge in [0.05, 0.1) is 17.9 Å². The molecule has 0 saturated carbocycles. The summed E-state index contributed by atoms with van der Waals surface area (Å²) < 4.78 is 16.6. The fourth-order valence-corrected chi connectivity index (χ4v) is 4.42. The molecule has 8 nitrogen and oxygen atoms in total. The average Bonchev–Trinajstić information content (AvgIpc) is 3.26. The number of amides is 1. The lowest BCUT2D eigenvalue weighted by molar-refractivity contribution is 0.00465. The van der Waals surface area contributed by atoms with Gasteiger partial charge in [-0.2, -0.15) is 4.37 Å². The summed E-state index contributed by atoms with van der Waals surface area (Å²) in [4.78, 5) is 14.7. The predicted molar refractivity (Wildman–Crippen MR) is 130 cm³/mol. The maximum absolute atomic E-state index is 12.5. The molecule has 2 aromatic carbocycles. The number of hydrogen-bond acceptors (Lipinski definition) is 8. The number of rotatable bonds is 11. The SMILES string of the molecule is O=C(NCCCNc1nsc2ccccc12)c1cccc(OCC(O)CN2CCOCC2)c1. The van der Waals surface area contributed by atoms with Crippen LogP contribution in [0.2, 0.25) is 0 Å². The quantitative estimate of drug-likeness (QED) is 0.371. The number of nitrogens with zero attached hydrogens (tertiary/aromatic N) is 2. The topological polar surface area (TPSA) is 96.0 Å². The Morgan fingerprint density at radius 2 is 2.03 bits per heavy atom. The van der Waals surface area contributed by atoms with E-state index < -0.39 is 6.10 Å². The molecule has 0 aliphatic carbocycles. The van der Waals surface area contributed by atoms with Crippen molar-refractivity contribution in [3.05, 3.63) is 54.1 Å². The van der Waals surface area contributed by atoms with Crippen molar-refractivity contribution in [1.29, 1.82) is 0 Å². The Morgan fingerprint density at radius 1 is 1.18 bits per heavy atom. The van der Waals surface area contributed by atoms with E-state index in [9.17, 15) is 9.90 Å². The molecule has 2 heterocycles. The molecule has 0 radical (unpaired) electrons. The number of anilines is 1. The highest BCUT2D eigenvalue weighted by Crippen LogP contribution is 2.25. The molecule has 1 atom stereocenters. The van der Waals surface area contributed by atoms with Gasteiger partial charge in [0, 0.05) is 43.7 Å². The Bertz CT molecular complexity index is 1040. The van der Waals surface area contributed by atoms with Crippen LogP contribution in [-0.4, -0.2) is 78.9 Å². The first-order chi connectivity index (χ1) is 16.2. The highest BCUT2D eigenvalue weighted by Gasteiger charge is 2.15. The second-order valence-electron chi connectivity index (χ2n) is 7.97. The van der Waals surface area contributed by atoms with Gasteiger partial charge in [0.2, 0.25) is 0 Å². The Labute approximate surface area is 197 Å². The van der Waals surface area contributed by atoms with Gasteiger partial charge in [-0.1, -0.05) is 18.2 Å². The number of hydrogen-bond donors (Lipinski definition) is 3. The van der Waals surface area contributed by atoms with E-state index in [-0.39, 0.29) is 12.5 Å². The van der Waals surface area contributed by atoms with Gasteiger partial charge in [-0.3, -0.25) is 9.69 Å². The zero-order chi connectivity index (χ0) is 22.9. The largest absolute Gasteiger partial charge is 0.491 e. The van der Waals surface area contributed by atoms with E-state index in [1.807, 2.05) is 12.1 Å². The lowest BCUT2D eigenvalue weighted by atomic mass is 10.2. The first-order valence-corrected chi connectivity index (χ1v) is 12.0. The number of nitrogens with one attached hydrogen (secondary N) is 2. The number of aliphatic hydroxyl groups is 1. The van der Waals surface area contributed by atoms with Gasteiger partial charge in [-0.15, -0.1) is 0 Å². The van der Waals surface area contributed by atoms with Crippen LogP contribution >= 0.6 is 11.5 Å². The van der Waals surface area contributed by atoms with Crippen LogP contribution < -0.4 is 15.4 Å². The molecule has 1 saturated heterocycles. The summed E-state index contributed by atoms with van der Waals surface area (Å²) in [5, 5.41) is 17.6. The molecule has 1 aliphatic heterocycles. The van der Waals surface area contributed by atoms with Crippen LogP contribution in [0.25, 0.3) is 10.1 Å². The normalized spacial score (nSPS) is 15.3. The van der Waals surface area contributed by atoms with Crippen molar-refractivity contribution in [1.82, 2.24) is 14.6 Å². The molecule has 3 N–H and O–H groups in total. The van der Waals surface area contributed by atoms with Crippen molar-refractivity contribution in [2.24, 2.45) is 0 Å². The monoisotopic (exact) mass is 470 g/mol. The average molecular weight is 471 g/mol. The van der Waals surface area contributed by atoms with Crippen molar-refractivity contribution in [3.63, 3.8) is 0 Å². The first-order valence-electron chi connectivity index (χ1n) is 11.3. The van der Waals surface area contributed by atoms with Crippen molar-refractivity contribution in [2.75, 3.05) is 57.9 Å². The van der Waals surface area contributed by atoms with E-state index in [0.717, 1.165) is 42.0 Å². The van der Waals surface area contributed by atoms with Gasteiger partial charge in [-0.05, 0) is 48.3 Å². The summed E-state index contributed by atoms with van der Waals surface area (Å²) >= 11 is 1.48. The van der Waals surface area contributed by atoms with Gasteiger partial charge in [0.1, 0.15) is 24.3 Å². The number of carbonyl (C=O) groups is 1. The van der Waals surface area contributed by atoms with Crippen molar-refractivity contribution >= 4 is 33.3 Å². The Balaban J connectivity index is 1.16. The number of carbonyl (C=O) groups excluding carboxylic acids is 1. The lowest BCUT2D eigenvalue weighted by Crippen LogP contribution is -2.42. The van der Waals surface area contributed by atoms with E-state index in [1.165, 1.54) is 11.5 Å². The Morgan fingerprint density at radius 3 is 2.91 bits per heavy atom. The smallest absolute Gasteiger partial charge is 0.251 e. The van der Waals surface area contributed by atoms with Crippen LogP contribution in [0.4, 0.5) is 5.82 Å². The lowest BCUT2D eigenvalue weighted by Gasteiger charge is -2.28. The summed E-state index contributed by atoms with van der Waals surface area (Å²) in [7, 11) is 0. The number of aromatic nitrogens is 1. The van der Waals surface area contributed by atoms with E-state index in [1.54, 1.807) is 24.3 Å². The van der Waals surface area contributed by atoms with Crippen molar-refractivity contribution in [2.45, 2.75) is 12.5 Å². The summed E-state index contributed by atoms with van der Waals surface area (Å²) in [6.45, 7) is 5.04. The third-order valence-corrected chi connectivity index (χ3v) is 6.25.